The van der Waals surface area contributed by atoms with E-state index in [0.29, 0.717) is 12.5 Å². The Labute approximate surface area is 177 Å². The Balaban J connectivity index is 1.20. The number of hydrogen-bond donors (Lipinski definition) is 0. The number of rotatable bonds is 7. The fraction of sp³-hybridized carbons (Fsp3) is 0.571. The summed E-state index contributed by atoms with van der Waals surface area (Å²) in [5.74, 6) is 1.92. The van der Waals surface area contributed by atoms with Crippen molar-refractivity contribution in [1.82, 2.24) is 30.0 Å². The molecule has 0 saturated carbocycles. The Morgan fingerprint density at radius 3 is 2.63 bits per heavy atom. The molecular weight excluding hydrogens is 380 g/mol. The molecule has 160 valence electrons. The number of aromatic nitrogens is 4. The molecular formula is C21H30N8O. The van der Waals surface area contributed by atoms with E-state index in [1.165, 1.54) is 6.42 Å². The van der Waals surface area contributed by atoms with E-state index in [2.05, 4.69) is 41.9 Å². The molecule has 0 radical (unpaired) electrons. The predicted octanol–water partition coefficient (Wildman–Crippen LogP) is 0.906. The lowest BCUT2D eigenvalue weighted by Gasteiger charge is -2.35. The minimum atomic E-state index is 0.229. The zero-order valence-corrected chi connectivity index (χ0v) is 17.6. The van der Waals surface area contributed by atoms with E-state index in [4.69, 9.17) is 0 Å². The second-order valence-corrected chi connectivity index (χ2v) is 8.00. The molecule has 9 heteroatoms. The second-order valence-electron chi connectivity index (χ2n) is 8.00. The molecule has 0 spiro atoms. The van der Waals surface area contributed by atoms with Crippen LogP contribution in [0.25, 0.3) is 0 Å². The second kappa shape index (κ2) is 9.80. The number of carbonyl (C=O) groups excluding carboxylic acids is 1. The van der Waals surface area contributed by atoms with Gasteiger partial charge in [-0.1, -0.05) is 0 Å². The molecule has 1 amide bonds. The summed E-state index contributed by atoms with van der Waals surface area (Å²) in [6.07, 6.45) is 8.09. The molecule has 2 aromatic heterocycles. The molecule has 30 heavy (non-hydrogen) atoms. The Morgan fingerprint density at radius 1 is 1.10 bits per heavy atom. The Morgan fingerprint density at radius 2 is 1.90 bits per heavy atom. The van der Waals surface area contributed by atoms with Crippen LogP contribution in [-0.2, 0) is 4.79 Å². The standard InChI is InChI=1S/C21H30N8O/c1-26(17-18-5-3-11-29(18)19-6-2-10-24-25-19)12-7-20(30)27-13-15-28(16-14-27)21-22-8-4-9-23-21/h2,4,6,8-10,18H,3,5,7,11-17H2,1H3. The molecule has 2 aromatic rings. The van der Waals surface area contributed by atoms with E-state index < -0.39 is 0 Å². The summed E-state index contributed by atoms with van der Waals surface area (Å²) >= 11 is 0. The van der Waals surface area contributed by atoms with Gasteiger partial charge in [-0.05, 0) is 38.1 Å². The van der Waals surface area contributed by atoms with E-state index in [9.17, 15) is 4.79 Å². The molecule has 2 aliphatic rings. The first kappa shape index (κ1) is 20.5. The van der Waals surface area contributed by atoms with Gasteiger partial charge in [0.1, 0.15) is 0 Å². The number of amides is 1. The van der Waals surface area contributed by atoms with Crippen molar-refractivity contribution in [3.05, 3.63) is 36.8 Å². The van der Waals surface area contributed by atoms with Gasteiger partial charge in [-0.2, -0.15) is 5.10 Å². The maximum absolute atomic E-state index is 12.7. The van der Waals surface area contributed by atoms with E-state index >= 15 is 0 Å². The van der Waals surface area contributed by atoms with Gasteiger partial charge in [0.05, 0.1) is 0 Å². The first-order valence-corrected chi connectivity index (χ1v) is 10.7. The van der Waals surface area contributed by atoms with Gasteiger partial charge in [0.2, 0.25) is 11.9 Å². The number of carbonyl (C=O) groups is 1. The number of anilines is 2. The van der Waals surface area contributed by atoms with Gasteiger partial charge in [-0.25, -0.2) is 9.97 Å². The molecule has 2 saturated heterocycles. The van der Waals surface area contributed by atoms with Crippen molar-refractivity contribution in [1.29, 1.82) is 0 Å². The number of piperazine rings is 1. The molecule has 4 heterocycles. The molecule has 0 aliphatic carbocycles. The third-order valence-electron chi connectivity index (χ3n) is 5.93. The van der Waals surface area contributed by atoms with Crippen molar-refractivity contribution in [2.45, 2.75) is 25.3 Å². The molecule has 1 unspecified atom stereocenters. The number of likely N-dealkylation sites (N-methyl/N-ethyl adjacent to an activating group) is 1. The molecule has 0 N–H and O–H groups in total. The summed E-state index contributed by atoms with van der Waals surface area (Å²) in [7, 11) is 2.10. The van der Waals surface area contributed by atoms with Gasteiger partial charge in [0.25, 0.3) is 0 Å². The maximum Gasteiger partial charge on any atom is 0.225 e. The van der Waals surface area contributed by atoms with E-state index in [0.717, 1.165) is 64.0 Å². The summed E-state index contributed by atoms with van der Waals surface area (Å²) in [5.41, 5.74) is 0. The number of nitrogens with zero attached hydrogens (tertiary/aromatic N) is 8. The lowest BCUT2D eigenvalue weighted by molar-refractivity contribution is -0.131. The monoisotopic (exact) mass is 410 g/mol. The third-order valence-corrected chi connectivity index (χ3v) is 5.93. The van der Waals surface area contributed by atoms with Crippen molar-refractivity contribution >= 4 is 17.7 Å². The zero-order chi connectivity index (χ0) is 20.8. The Kier molecular flexibility index (Phi) is 6.68. The highest BCUT2D eigenvalue weighted by atomic mass is 16.2. The lowest BCUT2D eigenvalue weighted by atomic mass is 10.2. The zero-order valence-electron chi connectivity index (χ0n) is 17.6. The van der Waals surface area contributed by atoms with Crippen molar-refractivity contribution in [2.24, 2.45) is 0 Å². The molecule has 9 nitrogen and oxygen atoms in total. The average Bonchev–Trinajstić information content (AvgIpc) is 3.27. The van der Waals surface area contributed by atoms with Crippen molar-refractivity contribution < 1.29 is 4.79 Å². The molecule has 2 fully saturated rings. The highest BCUT2D eigenvalue weighted by molar-refractivity contribution is 5.76. The van der Waals surface area contributed by atoms with Gasteiger partial charge in [0.15, 0.2) is 5.82 Å². The first-order valence-electron chi connectivity index (χ1n) is 10.7. The van der Waals surface area contributed by atoms with Crippen LogP contribution < -0.4 is 9.80 Å². The predicted molar refractivity (Wildman–Crippen MR) is 115 cm³/mol. The maximum atomic E-state index is 12.7. The van der Waals surface area contributed by atoms with E-state index in [1.54, 1.807) is 18.6 Å². The van der Waals surface area contributed by atoms with Crippen LogP contribution in [0.1, 0.15) is 19.3 Å². The summed E-state index contributed by atoms with van der Waals surface area (Å²) in [6, 6.07) is 6.20. The van der Waals surface area contributed by atoms with Gasteiger partial charge in [0, 0.05) is 76.9 Å². The summed E-state index contributed by atoms with van der Waals surface area (Å²) in [5, 5.41) is 8.28. The van der Waals surface area contributed by atoms with Gasteiger partial charge >= 0.3 is 0 Å². The Hall–Kier alpha value is -2.81. The normalized spacial score (nSPS) is 19.5. The Bertz CT molecular complexity index is 797. The average molecular weight is 411 g/mol. The quantitative estimate of drug-likeness (QED) is 0.666. The fourth-order valence-corrected chi connectivity index (χ4v) is 4.28. The molecule has 2 aliphatic heterocycles. The SMILES string of the molecule is CN(CCC(=O)N1CCN(c2ncccn2)CC1)CC1CCCN1c1cccnn1. The van der Waals surface area contributed by atoms with Crippen molar-refractivity contribution in [2.75, 3.05) is 62.7 Å². The van der Waals surface area contributed by atoms with E-state index in [1.807, 2.05) is 23.1 Å². The molecule has 0 bridgehead atoms. The first-order chi connectivity index (χ1) is 14.7. The van der Waals surface area contributed by atoms with Crippen LogP contribution in [0.4, 0.5) is 11.8 Å². The lowest BCUT2D eigenvalue weighted by Crippen LogP contribution is -2.49. The largest absolute Gasteiger partial charge is 0.351 e. The molecule has 1 atom stereocenters. The third kappa shape index (κ3) is 5.02. The summed E-state index contributed by atoms with van der Waals surface area (Å²) in [6.45, 7) is 5.73. The van der Waals surface area contributed by atoms with Crippen LogP contribution in [0.2, 0.25) is 0 Å². The van der Waals surface area contributed by atoms with Crippen LogP contribution in [0.15, 0.2) is 36.8 Å². The number of hydrogen-bond acceptors (Lipinski definition) is 8. The molecule has 4 rings (SSSR count). The van der Waals surface area contributed by atoms with Gasteiger partial charge in [-0.3, -0.25) is 4.79 Å². The minimum absolute atomic E-state index is 0.229. The van der Waals surface area contributed by atoms with Crippen molar-refractivity contribution in [3.8, 4) is 0 Å². The highest BCUT2D eigenvalue weighted by Gasteiger charge is 2.27. The van der Waals surface area contributed by atoms with Crippen LogP contribution in [-0.4, -0.2) is 94.8 Å². The minimum Gasteiger partial charge on any atom is -0.351 e. The highest BCUT2D eigenvalue weighted by Crippen LogP contribution is 2.23. The van der Waals surface area contributed by atoms with Gasteiger partial charge < -0.3 is 19.6 Å². The summed E-state index contributed by atoms with van der Waals surface area (Å²) < 4.78 is 0. The van der Waals surface area contributed by atoms with Crippen LogP contribution >= 0.6 is 0 Å². The fourth-order valence-electron chi connectivity index (χ4n) is 4.28. The van der Waals surface area contributed by atoms with Crippen LogP contribution in [0.5, 0.6) is 0 Å². The van der Waals surface area contributed by atoms with Crippen LogP contribution in [0, 0.1) is 0 Å². The smallest absolute Gasteiger partial charge is 0.225 e. The van der Waals surface area contributed by atoms with Crippen molar-refractivity contribution in [3.63, 3.8) is 0 Å². The topological polar surface area (TPSA) is 81.6 Å². The van der Waals surface area contributed by atoms with Crippen LogP contribution in [0.3, 0.4) is 0 Å². The van der Waals surface area contributed by atoms with E-state index in [-0.39, 0.29) is 5.91 Å². The summed E-state index contributed by atoms with van der Waals surface area (Å²) in [4.78, 5) is 30.0. The molecule has 0 aromatic carbocycles. The van der Waals surface area contributed by atoms with Gasteiger partial charge in [-0.15, -0.1) is 5.10 Å².